The van der Waals surface area contributed by atoms with Crippen LogP contribution in [-0.2, 0) is 0 Å². The van der Waals surface area contributed by atoms with Gasteiger partial charge in [-0.3, -0.25) is 9.59 Å². The zero-order chi connectivity index (χ0) is 16.8. The molecule has 0 saturated carbocycles. The topological polar surface area (TPSA) is 58.2 Å². The minimum Gasteiger partial charge on any atom is -0.352 e. The molecule has 2 aromatic rings. The van der Waals surface area contributed by atoms with Crippen LogP contribution in [0.25, 0.3) is 0 Å². The summed E-state index contributed by atoms with van der Waals surface area (Å²) in [4.78, 5) is 24.4. The Bertz CT molecular complexity index is 714. The van der Waals surface area contributed by atoms with E-state index in [9.17, 15) is 14.0 Å². The van der Waals surface area contributed by atoms with Gasteiger partial charge in [0.05, 0.1) is 11.3 Å². The molecule has 2 N–H and O–H groups in total. The molecule has 0 aliphatic rings. The zero-order valence-corrected chi connectivity index (χ0v) is 13.1. The second kappa shape index (κ2) is 7.54. The largest absolute Gasteiger partial charge is 0.352 e. The summed E-state index contributed by atoms with van der Waals surface area (Å²) in [7, 11) is 0. The first kappa shape index (κ1) is 16.7. The average molecular weight is 314 g/mol. The van der Waals surface area contributed by atoms with Crippen LogP contribution in [0.2, 0.25) is 0 Å². The fraction of sp³-hybridized carbons (Fsp3) is 0.222. The van der Waals surface area contributed by atoms with Crippen LogP contribution in [0.1, 0.15) is 34.6 Å². The van der Waals surface area contributed by atoms with E-state index in [-0.39, 0.29) is 11.5 Å². The number of halogens is 1. The van der Waals surface area contributed by atoms with Crippen molar-refractivity contribution in [3.63, 3.8) is 0 Å². The molecule has 4 nitrogen and oxygen atoms in total. The minimum absolute atomic E-state index is 0.197. The summed E-state index contributed by atoms with van der Waals surface area (Å²) in [6.45, 7) is 4.54. The molecular formula is C18H19FN2O2. The fourth-order valence-electron chi connectivity index (χ4n) is 2.01. The SMILES string of the molecule is CC(C)CNC(=O)c1ccccc1NC(=O)c1cccc(F)c1. The van der Waals surface area contributed by atoms with Crippen molar-refractivity contribution in [2.24, 2.45) is 5.92 Å². The maximum atomic E-state index is 13.2. The Kier molecular flexibility index (Phi) is 5.46. The van der Waals surface area contributed by atoms with Crippen LogP contribution in [0.4, 0.5) is 10.1 Å². The quantitative estimate of drug-likeness (QED) is 0.888. The number of para-hydroxylation sites is 1. The Morgan fingerprint density at radius 1 is 1.04 bits per heavy atom. The number of carbonyl (C=O) groups excluding carboxylic acids is 2. The summed E-state index contributed by atoms with van der Waals surface area (Å²) >= 11 is 0. The van der Waals surface area contributed by atoms with Crippen molar-refractivity contribution < 1.29 is 14.0 Å². The Morgan fingerprint density at radius 2 is 1.78 bits per heavy atom. The molecule has 5 heteroatoms. The van der Waals surface area contributed by atoms with E-state index in [0.717, 1.165) is 6.07 Å². The minimum atomic E-state index is -0.486. The normalized spacial score (nSPS) is 10.4. The molecule has 0 aliphatic carbocycles. The number of carbonyl (C=O) groups is 2. The summed E-state index contributed by atoms with van der Waals surface area (Å²) in [5.74, 6) is -0.879. The van der Waals surface area contributed by atoms with Crippen LogP contribution in [0.3, 0.4) is 0 Å². The molecule has 0 fully saturated rings. The molecule has 0 bridgehead atoms. The van der Waals surface area contributed by atoms with Crippen LogP contribution in [-0.4, -0.2) is 18.4 Å². The summed E-state index contributed by atoms with van der Waals surface area (Å²) in [5.41, 5.74) is 0.961. The first-order valence-electron chi connectivity index (χ1n) is 7.41. The summed E-state index contributed by atoms with van der Waals surface area (Å²) in [5, 5.41) is 5.47. The number of anilines is 1. The van der Waals surface area contributed by atoms with Crippen molar-refractivity contribution >= 4 is 17.5 Å². The Labute approximate surface area is 134 Å². The van der Waals surface area contributed by atoms with Gasteiger partial charge in [-0.15, -0.1) is 0 Å². The number of hydrogen-bond acceptors (Lipinski definition) is 2. The number of benzene rings is 2. The number of hydrogen-bond donors (Lipinski definition) is 2. The van der Waals surface area contributed by atoms with E-state index in [1.165, 1.54) is 18.2 Å². The first-order chi connectivity index (χ1) is 11.0. The molecule has 2 amide bonds. The highest BCUT2D eigenvalue weighted by atomic mass is 19.1. The monoisotopic (exact) mass is 314 g/mol. The lowest BCUT2D eigenvalue weighted by molar-refractivity contribution is 0.0950. The van der Waals surface area contributed by atoms with Crippen molar-refractivity contribution in [3.05, 3.63) is 65.5 Å². The lowest BCUT2D eigenvalue weighted by Crippen LogP contribution is -2.28. The Balaban J connectivity index is 2.17. The molecule has 2 rings (SSSR count). The van der Waals surface area contributed by atoms with Crippen molar-refractivity contribution in [3.8, 4) is 0 Å². The highest BCUT2D eigenvalue weighted by Gasteiger charge is 2.14. The Morgan fingerprint density at radius 3 is 2.48 bits per heavy atom. The van der Waals surface area contributed by atoms with Gasteiger partial charge in [0.1, 0.15) is 5.82 Å². The molecule has 0 spiro atoms. The second-order valence-electron chi connectivity index (χ2n) is 5.61. The van der Waals surface area contributed by atoms with Gasteiger partial charge >= 0.3 is 0 Å². The van der Waals surface area contributed by atoms with Gasteiger partial charge in [-0.05, 0) is 36.2 Å². The van der Waals surface area contributed by atoms with Gasteiger partial charge in [0.15, 0.2) is 0 Å². The smallest absolute Gasteiger partial charge is 0.255 e. The summed E-state index contributed by atoms with van der Waals surface area (Å²) < 4.78 is 13.2. The van der Waals surface area contributed by atoms with Crippen LogP contribution in [0, 0.1) is 11.7 Å². The second-order valence-corrected chi connectivity index (χ2v) is 5.61. The molecule has 120 valence electrons. The third-order valence-electron chi connectivity index (χ3n) is 3.18. The van der Waals surface area contributed by atoms with Crippen LogP contribution < -0.4 is 10.6 Å². The molecule has 0 saturated heterocycles. The zero-order valence-electron chi connectivity index (χ0n) is 13.1. The molecule has 2 aromatic carbocycles. The summed E-state index contributed by atoms with van der Waals surface area (Å²) in [6, 6.07) is 12.1. The molecule has 0 unspecified atom stereocenters. The van der Waals surface area contributed by atoms with Crippen LogP contribution in [0.15, 0.2) is 48.5 Å². The number of amides is 2. The summed E-state index contributed by atoms with van der Waals surface area (Å²) in [6.07, 6.45) is 0. The third kappa shape index (κ3) is 4.64. The van der Waals surface area contributed by atoms with Gasteiger partial charge in [-0.2, -0.15) is 0 Å². The predicted molar refractivity (Wildman–Crippen MR) is 88.0 cm³/mol. The third-order valence-corrected chi connectivity index (χ3v) is 3.18. The average Bonchev–Trinajstić information content (AvgIpc) is 2.53. The molecular weight excluding hydrogens is 295 g/mol. The van der Waals surface area contributed by atoms with Gasteiger partial charge in [0.2, 0.25) is 0 Å². The number of rotatable bonds is 5. The highest BCUT2D eigenvalue weighted by Crippen LogP contribution is 2.16. The number of nitrogens with one attached hydrogen (secondary N) is 2. The van der Waals surface area contributed by atoms with E-state index in [2.05, 4.69) is 10.6 Å². The van der Waals surface area contributed by atoms with E-state index in [1.54, 1.807) is 24.3 Å². The van der Waals surface area contributed by atoms with Crippen molar-refractivity contribution in [2.75, 3.05) is 11.9 Å². The van der Waals surface area contributed by atoms with Gasteiger partial charge in [0, 0.05) is 12.1 Å². The van der Waals surface area contributed by atoms with Crippen molar-refractivity contribution in [1.29, 1.82) is 0 Å². The van der Waals surface area contributed by atoms with Gasteiger partial charge in [-0.1, -0.05) is 32.0 Å². The van der Waals surface area contributed by atoms with Crippen molar-refractivity contribution in [2.45, 2.75) is 13.8 Å². The maximum absolute atomic E-state index is 13.2. The molecule has 0 radical (unpaired) electrons. The highest BCUT2D eigenvalue weighted by molar-refractivity contribution is 6.08. The van der Waals surface area contributed by atoms with Crippen LogP contribution >= 0.6 is 0 Å². The van der Waals surface area contributed by atoms with Gasteiger partial charge in [-0.25, -0.2) is 4.39 Å². The van der Waals surface area contributed by atoms with Gasteiger partial charge in [0.25, 0.3) is 11.8 Å². The van der Waals surface area contributed by atoms with E-state index in [1.807, 2.05) is 13.8 Å². The molecule has 0 aliphatic heterocycles. The first-order valence-corrected chi connectivity index (χ1v) is 7.41. The molecule has 0 heterocycles. The molecule has 0 atom stereocenters. The van der Waals surface area contributed by atoms with E-state index in [0.29, 0.717) is 23.7 Å². The standard InChI is InChI=1S/C18H19FN2O2/c1-12(2)11-20-18(23)15-8-3-4-9-16(15)21-17(22)13-6-5-7-14(19)10-13/h3-10,12H,11H2,1-2H3,(H,20,23)(H,21,22). The van der Waals surface area contributed by atoms with Crippen molar-refractivity contribution in [1.82, 2.24) is 5.32 Å². The van der Waals surface area contributed by atoms with Gasteiger partial charge < -0.3 is 10.6 Å². The van der Waals surface area contributed by atoms with Crippen LogP contribution in [0.5, 0.6) is 0 Å². The maximum Gasteiger partial charge on any atom is 0.255 e. The lowest BCUT2D eigenvalue weighted by atomic mass is 10.1. The fourth-order valence-corrected chi connectivity index (χ4v) is 2.01. The van der Waals surface area contributed by atoms with E-state index in [4.69, 9.17) is 0 Å². The predicted octanol–water partition coefficient (Wildman–Crippen LogP) is 3.46. The van der Waals surface area contributed by atoms with E-state index < -0.39 is 11.7 Å². The Hall–Kier alpha value is -2.69. The molecule has 23 heavy (non-hydrogen) atoms. The lowest BCUT2D eigenvalue weighted by Gasteiger charge is -2.12. The molecule has 0 aromatic heterocycles. The van der Waals surface area contributed by atoms with E-state index >= 15 is 0 Å².